The van der Waals surface area contributed by atoms with Crippen molar-refractivity contribution in [1.29, 1.82) is 0 Å². The molecule has 0 radical (unpaired) electrons. The van der Waals surface area contributed by atoms with E-state index in [0.29, 0.717) is 10.7 Å². The SMILES string of the molecule is O=S(=O)(Nc1cccc(-c2cnc[nH]2)c1)c1cccc(Cl)c1. The molecule has 3 rings (SSSR count). The second kappa shape index (κ2) is 5.82. The van der Waals surface area contributed by atoms with Gasteiger partial charge < -0.3 is 4.98 Å². The summed E-state index contributed by atoms with van der Waals surface area (Å²) in [7, 11) is -3.68. The molecule has 1 heterocycles. The number of halogens is 1. The minimum atomic E-state index is -3.68. The van der Waals surface area contributed by atoms with Crippen molar-refractivity contribution in [3.8, 4) is 11.3 Å². The molecule has 5 nitrogen and oxygen atoms in total. The molecule has 0 atom stereocenters. The lowest BCUT2D eigenvalue weighted by molar-refractivity contribution is 0.601. The van der Waals surface area contributed by atoms with E-state index in [-0.39, 0.29) is 4.90 Å². The van der Waals surface area contributed by atoms with Gasteiger partial charge in [-0.3, -0.25) is 4.72 Å². The van der Waals surface area contributed by atoms with Crippen LogP contribution in [0.2, 0.25) is 5.02 Å². The predicted octanol–water partition coefficient (Wildman–Crippen LogP) is 3.53. The maximum atomic E-state index is 12.4. The molecule has 0 spiro atoms. The van der Waals surface area contributed by atoms with Crippen molar-refractivity contribution in [3.63, 3.8) is 0 Å². The lowest BCUT2D eigenvalue weighted by Gasteiger charge is -2.09. The van der Waals surface area contributed by atoms with Gasteiger partial charge in [-0.15, -0.1) is 0 Å². The summed E-state index contributed by atoms with van der Waals surface area (Å²) in [5.41, 5.74) is 2.11. The van der Waals surface area contributed by atoms with E-state index in [2.05, 4.69) is 14.7 Å². The van der Waals surface area contributed by atoms with Gasteiger partial charge in [0.15, 0.2) is 0 Å². The van der Waals surface area contributed by atoms with Crippen molar-refractivity contribution in [1.82, 2.24) is 9.97 Å². The Labute approximate surface area is 133 Å². The van der Waals surface area contributed by atoms with Crippen molar-refractivity contribution in [2.75, 3.05) is 4.72 Å². The average Bonchev–Trinajstić information content (AvgIpc) is 3.01. The first-order valence-corrected chi connectivity index (χ1v) is 8.28. The number of imidazole rings is 1. The highest BCUT2D eigenvalue weighted by Crippen LogP contribution is 2.23. The molecule has 0 fully saturated rings. The van der Waals surface area contributed by atoms with Gasteiger partial charge in [-0.05, 0) is 30.3 Å². The Hall–Kier alpha value is -2.31. The van der Waals surface area contributed by atoms with E-state index in [1.54, 1.807) is 42.9 Å². The van der Waals surface area contributed by atoms with Gasteiger partial charge in [0.05, 0.1) is 23.1 Å². The number of rotatable bonds is 4. The zero-order chi connectivity index (χ0) is 15.6. The average molecular weight is 334 g/mol. The van der Waals surface area contributed by atoms with E-state index in [9.17, 15) is 8.42 Å². The van der Waals surface area contributed by atoms with Crippen molar-refractivity contribution >= 4 is 27.3 Å². The van der Waals surface area contributed by atoms with Crippen LogP contribution in [0.5, 0.6) is 0 Å². The first kappa shape index (κ1) is 14.6. The third kappa shape index (κ3) is 3.13. The second-order valence-electron chi connectivity index (χ2n) is 4.61. The smallest absolute Gasteiger partial charge is 0.261 e. The van der Waals surface area contributed by atoms with Crippen LogP contribution in [0.15, 0.2) is 66.0 Å². The molecule has 0 saturated carbocycles. The van der Waals surface area contributed by atoms with E-state index in [1.165, 1.54) is 12.1 Å². The number of benzene rings is 2. The molecule has 0 aliphatic carbocycles. The molecule has 7 heteroatoms. The second-order valence-corrected chi connectivity index (χ2v) is 6.73. The summed E-state index contributed by atoms with van der Waals surface area (Å²) in [6.45, 7) is 0. The van der Waals surface area contributed by atoms with Crippen LogP contribution in [0.4, 0.5) is 5.69 Å². The minimum absolute atomic E-state index is 0.118. The molecule has 0 unspecified atom stereocenters. The zero-order valence-corrected chi connectivity index (χ0v) is 12.9. The number of H-pyrrole nitrogens is 1. The number of nitrogens with zero attached hydrogens (tertiary/aromatic N) is 1. The molecule has 2 N–H and O–H groups in total. The third-order valence-electron chi connectivity index (χ3n) is 3.03. The largest absolute Gasteiger partial charge is 0.345 e. The summed E-state index contributed by atoms with van der Waals surface area (Å²) in [5.74, 6) is 0. The first-order valence-electron chi connectivity index (χ1n) is 6.42. The summed E-state index contributed by atoms with van der Waals surface area (Å²) in [6, 6.07) is 13.2. The molecule has 112 valence electrons. The van der Waals surface area contributed by atoms with Crippen LogP contribution in [0.3, 0.4) is 0 Å². The number of anilines is 1. The molecular weight excluding hydrogens is 322 g/mol. The highest BCUT2D eigenvalue weighted by molar-refractivity contribution is 7.92. The molecular formula is C15H12ClN3O2S. The third-order valence-corrected chi connectivity index (χ3v) is 4.64. The Kier molecular flexibility index (Phi) is 3.87. The van der Waals surface area contributed by atoms with Crippen LogP contribution in [0.25, 0.3) is 11.3 Å². The Bertz CT molecular complexity index is 893. The molecule has 3 aromatic rings. The van der Waals surface area contributed by atoms with Gasteiger partial charge >= 0.3 is 0 Å². The standard InChI is InChI=1S/C15H12ClN3O2S/c16-12-4-2-6-14(8-12)22(20,21)19-13-5-1-3-11(7-13)15-9-17-10-18-15/h1-10,19H,(H,17,18). The maximum Gasteiger partial charge on any atom is 0.261 e. The summed E-state index contributed by atoms with van der Waals surface area (Å²) in [6.07, 6.45) is 3.24. The van der Waals surface area contributed by atoms with Crippen molar-refractivity contribution in [3.05, 3.63) is 66.1 Å². The maximum absolute atomic E-state index is 12.4. The Morgan fingerprint density at radius 3 is 2.64 bits per heavy atom. The molecule has 0 bridgehead atoms. The van der Waals surface area contributed by atoms with Crippen molar-refractivity contribution in [2.24, 2.45) is 0 Å². The zero-order valence-electron chi connectivity index (χ0n) is 11.3. The van der Waals surface area contributed by atoms with Crippen LogP contribution in [0.1, 0.15) is 0 Å². The van der Waals surface area contributed by atoms with Crippen LogP contribution < -0.4 is 4.72 Å². The Morgan fingerprint density at radius 1 is 1.09 bits per heavy atom. The normalized spacial score (nSPS) is 11.3. The fourth-order valence-electron chi connectivity index (χ4n) is 2.01. The highest BCUT2D eigenvalue weighted by atomic mass is 35.5. The van der Waals surface area contributed by atoms with Crippen molar-refractivity contribution < 1.29 is 8.42 Å². The van der Waals surface area contributed by atoms with Crippen LogP contribution in [0, 0.1) is 0 Å². The monoisotopic (exact) mass is 333 g/mol. The van der Waals surface area contributed by atoms with E-state index in [1.807, 2.05) is 6.07 Å². The summed E-state index contributed by atoms with van der Waals surface area (Å²) >= 11 is 5.84. The fourth-order valence-corrected chi connectivity index (χ4v) is 3.36. The van der Waals surface area contributed by atoms with Gasteiger partial charge in [0.2, 0.25) is 0 Å². The van der Waals surface area contributed by atoms with E-state index >= 15 is 0 Å². The summed E-state index contributed by atoms with van der Waals surface area (Å²) in [4.78, 5) is 7.05. The van der Waals surface area contributed by atoms with Crippen LogP contribution >= 0.6 is 11.6 Å². The highest BCUT2D eigenvalue weighted by Gasteiger charge is 2.14. The number of aromatic amines is 1. The lowest BCUT2D eigenvalue weighted by Crippen LogP contribution is -2.12. The molecule has 1 aromatic heterocycles. The van der Waals surface area contributed by atoms with E-state index in [0.717, 1.165) is 11.3 Å². The van der Waals surface area contributed by atoms with Gasteiger partial charge in [0, 0.05) is 16.3 Å². The van der Waals surface area contributed by atoms with Gasteiger partial charge in [0.25, 0.3) is 10.0 Å². The van der Waals surface area contributed by atoms with Crippen molar-refractivity contribution in [2.45, 2.75) is 4.90 Å². The van der Waals surface area contributed by atoms with Gasteiger partial charge in [-0.2, -0.15) is 0 Å². The number of sulfonamides is 1. The predicted molar refractivity (Wildman–Crippen MR) is 86.3 cm³/mol. The molecule has 2 aromatic carbocycles. The first-order chi connectivity index (χ1) is 10.5. The van der Waals surface area contributed by atoms with Crippen LogP contribution in [-0.2, 0) is 10.0 Å². The molecule has 22 heavy (non-hydrogen) atoms. The topological polar surface area (TPSA) is 74.8 Å². The number of hydrogen-bond donors (Lipinski definition) is 2. The van der Waals surface area contributed by atoms with Gasteiger partial charge in [-0.25, -0.2) is 13.4 Å². The molecule has 0 aliphatic rings. The Morgan fingerprint density at radius 2 is 1.91 bits per heavy atom. The number of nitrogens with one attached hydrogen (secondary N) is 2. The van der Waals surface area contributed by atoms with Gasteiger partial charge in [0.1, 0.15) is 0 Å². The number of aromatic nitrogens is 2. The Balaban J connectivity index is 1.91. The molecule has 0 saturated heterocycles. The van der Waals surface area contributed by atoms with E-state index in [4.69, 9.17) is 11.6 Å². The van der Waals surface area contributed by atoms with Gasteiger partial charge in [-0.1, -0.05) is 29.8 Å². The fraction of sp³-hybridized carbons (Fsp3) is 0. The molecule has 0 amide bonds. The number of hydrogen-bond acceptors (Lipinski definition) is 3. The van der Waals surface area contributed by atoms with Crippen LogP contribution in [-0.4, -0.2) is 18.4 Å². The minimum Gasteiger partial charge on any atom is -0.345 e. The summed E-state index contributed by atoms with van der Waals surface area (Å²) < 4.78 is 27.3. The van der Waals surface area contributed by atoms with E-state index < -0.39 is 10.0 Å². The molecule has 0 aliphatic heterocycles. The summed E-state index contributed by atoms with van der Waals surface area (Å²) in [5, 5.41) is 0.370. The quantitative estimate of drug-likeness (QED) is 0.767. The lowest BCUT2D eigenvalue weighted by atomic mass is 10.1.